The van der Waals surface area contributed by atoms with Crippen LogP contribution < -0.4 is 5.32 Å². The third kappa shape index (κ3) is 5.29. The highest BCUT2D eigenvalue weighted by Gasteiger charge is 2.35. The van der Waals surface area contributed by atoms with Gasteiger partial charge < -0.3 is 10.1 Å². The standard InChI is InChI=1S/C21H22ClF3N2O2/c1-13-11-27(12-14(2)29-13)19(15-6-4-3-5-7-15)20(28)26-16-8-9-18(22)17(10-16)21(23,24)25/h3-10,13-14,19H,11-12H2,1-2H3,(H,26,28)/t13-,14-,19+/m1/s1. The Labute approximate surface area is 172 Å². The van der Waals surface area contributed by atoms with Gasteiger partial charge in [0.25, 0.3) is 0 Å². The Hall–Kier alpha value is -2.09. The number of halogens is 4. The molecular weight excluding hydrogens is 405 g/mol. The van der Waals surface area contributed by atoms with Gasteiger partial charge in [-0.15, -0.1) is 0 Å². The third-order valence-electron chi connectivity index (χ3n) is 4.72. The minimum atomic E-state index is -4.61. The Morgan fingerprint density at radius 3 is 2.34 bits per heavy atom. The molecule has 0 spiro atoms. The van der Waals surface area contributed by atoms with Gasteiger partial charge in [0, 0.05) is 18.8 Å². The molecule has 29 heavy (non-hydrogen) atoms. The Morgan fingerprint density at radius 1 is 1.14 bits per heavy atom. The van der Waals surface area contributed by atoms with Crippen LogP contribution >= 0.6 is 11.6 Å². The smallest absolute Gasteiger partial charge is 0.373 e. The van der Waals surface area contributed by atoms with E-state index in [1.54, 1.807) is 0 Å². The number of ether oxygens (including phenoxy) is 1. The molecule has 1 amide bonds. The van der Waals surface area contributed by atoms with Gasteiger partial charge in [0.15, 0.2) is 0 Å². The summed E-state index contributed by atoms with van der Waals surface area (Å²) >= 11 is 5.67. The van der Waals surface area contributed by atoms with Gasteiger partial charge in [-0.2, -0.15) is 13.2 Å². The first-order valence-electron chi connectivity index (χ1n) is 9.27. The van der Waals surface area contributed by atoms with Gasteiger partial charge in [0.05, 0.1) is 22.8 Å². The second-order valence-electron chi connectivity index (χ2n) is 7.21. The fraction of sp³-hybridized carbons (Fsp3) is 0.381. The molecule has 156 valence electrons. The van der Waals surface area contributed by atoms with Gasteiger partial charge in [0.1, 0.15) is 6.04 Å². The predicted molar refractivity (Wildman–Crippen MR) is 106 cm³/mol. The molecular formula is C21H22ClF3N2O2. The number of benzene rings is 2. The molecule has 2 aromatic rings. The zero-order valence-electron chi connectivity index (χ0n) is 16.0. The Morgan fingerprint density at radius 2 is 1.76 bits per heavy atom. The normalized spacial score (nSPS) is 21.6. The van der Waals surface area contributed by atoms with E-state index in [0.29, 0.717) is 13.1 Å². The zero-order chi connectivity index (χ0) is 21.2. The topological polar surface area (TPSA) is 41.6 Å². The highest BCUT2D eigenvalue weighted by molar-refractivity contribution is 6.31. The van der Waals surface area contributed by atoms with Crippen LogP contribution in [0.1, 0.15) is 31.0 Å². The lowest BCUT2D eigenvalue weighted by Crippen LogP contribution is -2.49. The van der Waals surface area contributed by atoms with Gasteiger partial charge in [-0.05, 0) is 37.6 Å². The summed E-state index contributed by atoms with van der Waals surface area (Å²) in [7, 11) is 0. The second-order valence-corrected chi connectivity index (χ2v) is 7.61. The van der Waals surface area contributed by atoms with Crippen molar-refractivity contribution < 1.29 is 22.7 Å². The first-order valence-corrected chi connectivity index (χ1v) is 9.65. The second kappa shape index (κ2) is 8.73. The number of amides is 1. The molecule has 0 aromatic heterocycles. The Balaban J connectivity index is 1.90. The van der Waals surface area contributed by atoms with Crippen molar-refractivity contribution in [3.05, 3.63) is 64.7 Å². The van der Waals surface area contributed by atoms with E-state index in [-0.39, 0.29) is 17.9 Å². The van der Waals surface area contributed by atoms with Crippen molar-refractivity contribution in [2.24, 2.45) is 0 Å². The summed E-state index contributed by atoms with van der Waals surface area (Å²) in [4.78, 5) is 15.2. The quantitative estimate of drug-likeness (QED) is 0.735. The molecule has 1 heterocycles. The molecule has 8 heteroatoms. The molecule has 2 aromatic carbocycles. The number of nitrogens with zero attached hydrogens (tertiary/aromatic N) is 1. The summed E-state index contributed by atoms with van der Waals surface area (Å²) in [5.74, 6) is -0.409. The molecule has 3 atom stereocenters. The van der Waals surface area contributed by atoms with Crippen LogP contribution in [-0.4, -0.2) is 36.1 Å². The van der Waals surface area contributed by atoms with Gasteiger partial charge in [0.2, 0.25) is 5.91 Å². The summed E-state index contributed by atoms with van der Waals surface area (Å²) in [5.41, 5.74) is -0.180. The Bertz CT molecular complexity index is 851. The maximum absolute atomic E-state index is 13.2. The number of morpholine rings is 1. The van der Waals surface area contributed by atoms with Crippen molar-refractivity contribution in [1.82, 2.24) is 4.90 Å². The minimum Gasteiger partial charge on any atom is -0.373 e. The number of alkyl halides is 3. The number of carbonyl (C=O) groups excluding carboxylic acids is 1. The van der Waals surface area contributed by atoms with Crippen LogP contribution in [0.3, 0.4) is 0 Å². The lowest BCUT2D eigenvalue weighted by atomic mass is 10.0. The lowest BCUT2D eigenvalue weighted by Gasteiger charge is -2.39. The summed E-state index contributed by atoms with van der Waals surface area (Å²) in [6.07, 6.45) is -4.73. The molecule has 0 aliphatic carbocycles. The van der Waals surface area contributed by atoms with Crippen LogP contribution in [0.15, 0.2) is 48.5 Å². The molecule has 1 saturated heterocycles. The van der Waals surface area contributed by atoms with Crippen molar-refractivity contribution in [3.8, 4) is 0 Å². The SMILES string of the molecule is C[C@@H]1CN([C@H](C(=O)Nc2ccc(Cl)c(C(F)(F)F)c2)c2ccccc2)C[C@@H](C)O1. The third-order valence-corrected chi connectivity index (χ3v) is 5.05. The van der Waals surface area contributed by atoms with E-state index < -0.39 is 28.7 Å². The molecule has 3 rings (SSSR count). The Kier molecular flexibility index (Phi) is 6.51. The first-order chi connectivity index (χ1) is 13.6. The van der Waals surface area contributed by atoms with Gasteiger partial charge in [-0.1, -0.05) is 41.9 Å². The van der Waals surface area contributed by atoms with E-state index >= 15 is 0 Å². The monoisotopic (exact) mass is 426 g/mol. The summed E-state index contributed by atoms with van der Waals surface area (Å²) in [6, 6.07) is 11.9. The van der Waals surface area contributed by atoms with Crippen LogP contribution in [0.5, 0.6) is 0 Å². The largest absolute Gasteiger partial charge is 0.417 e. The lowest BCUT2D eigenvalue weighted by molar-refractivity contribution is -0.137. The summed E-state index contributed by atoms with van der Waals surface area (Å²) in [5, 5.41) is 2.22. The van der Waals surface area contributed by atoms with Crippen LogP contribution in [0, 0.1) is 0 Å². The van der Waals surface area contributed by atoms with E-state index in [2.05, 4.69) is 5.32 Å². The molecule has 0 radical (unpaired) electrons. The van der Waals surface area contributed by atoms with Crippen molar-refractivity contribution in [2.75, 3.05) is 18.4 Å². The molecule has 1 fully saturated rings. The zero-order valence-corrected chi connectivity index (χ0v) is 16.8. The van der Waals surface area contributed by atoms with Crippen molar-refractivity contribution in [1.29, 1.82) is 0 Å². The van der Waals surface area contributed by atoms with Gasteiger partial charge >= 0.3 is 6.18 Å². The fourth-order valence-electron chi connectivity index (χ4n) is 3.62. The first kappa shape index (κ1) is 21.6. The van der Waals surface area contributed by atoms with E-state index in [1.165, 1.54) is 6.07 Å². The van der Waals surface area contributed by atoms with E-state index in [9.17, 15) is 18.0 Å². The van der Waals surface area contributed by atoms with Crippen LogP contribution in [0.4, 0.5) is 18.9 Å². The van der Waals surface area contributed by atoms with Crippen molar-refractivity contribution in [2.45, 2.75) is 38.3 Å². The molecule has 4 nitrogen and oxygen atoms in total. The summed E-state index contributed by atoms with van der Waals surface area (Å²) in [6.45, 7) is 4.92. The van der Waals surface area contributed by atoms with E-state index in [1.807, 2.05) is 49.1 Å². The number of hydrogen-bond donors (Lipinski definition) is 1. The molecule has 0 saturated carbocycles. The van der Waals surface area contributed by atoms with Gasteiger partial charge in [-0.3, -0.25) is 9.69 Å². The molecule has 0 unspecified atom stereocenters. The average Bonchev–Trinajstić information content (AvgIpc) is 2.63. The van der Waals surface area contributed by atoms with Crippen molar-refractivity contribution >= 4 is 23.2 Å². The maximum Gasteiger partial charge on any atom is 0.417 e. The van der Waals surface area contributed by atoms with E-state index in [0.717, 1.165) is 17.7 Å². The number of nitrogens with one attached hydrogen (secondary N) is 1. The summed E-state index contributed by atoms with van der Waals surface area (Å²) < 4.78 is 45.2. The van der Waals surface area contributed by atoms with Crippen molar-refractivity contribution in [3.63, 3.8) is 0 Å². The number of anilines is 1. The highest BCUT2D eigenvalue weighted by Crippen LogP contribution is 2.36. The van der Waals surface area contributed by atoms with Crippen LogP contribution in [0.2, 0.25) is 5.02 Å². The average molecular weight is 427 g/mol. The number of hydrogen-bond acceptors (Lipinski definition) is 3. The highest BCUT2D eigenvalue weighted by atomic mass is 35.5. The molecule has 1 aliphatic heterocycles. The fourth-order valence-corrected chi connectivity index (χ4v) is 3.85. The predicted octanol–water partition coefficient (Wildman–Crippen LogP) is 5.15. The molecule has 1 N–H and O–H groups in total. The van der Waals surface area contributed by atoms with Gasteiger partial charge in [-0.25, -0.2) is 0 Å². The number of carbonyl (C=O) groups is 1. The maximum atomic E-state index is 13.2. The van der Waals surface area contributed by atoms with Crippen LogP contribution in [-0.2, 0) is 15.7 Å². The minimum absolute atomic E-state index is 0.0435. The van der Waals surface area contributed by atoms with E-state index in [4.69, 9.17) is 16.3 Å². The molecule has 1 aliphatic rings. The number of rotatable bonds is 4. The van der Waals surface area contributed by atoms with Crippen LogP contribution in [0.25, 0.3) is 0 Å². The molecule has 0 bridgehead atoms.